The number of rotatable bonds is 2. The SMILES string of the molecule is CC/C(=N\C=N)NP. The first-order valence-corrected chi connectivity index (χ1v) is 2.95. The van der Waals surface area contributed by atoms with Crippen LogP contribution in [-0.4, -0.2) is 12.2 Å². The summed E-state index contributed by atoms with van der Waals surface area (Å²) in [6.45, 7) is 1.97. The minimum absolute atomic E-state index is 0.810. The molecule has 0 aromatic rings. The fourth-order valence-electron chi connectivity index (χ4n) is 0.309. The maximum atomic E-state index is 6.58. The van der Waals surface area contributed by atoms with Gasteiger partial charge in [-0.2, -0.15) is 0 Å². The van der Waals surface area contributed by atoms with E-state index < -0.39 is 0 Å². The zero-order valence-corrected chi connectivity index (χ0v) is 5.96. The second kappa shape index (κ2) is 4.72. The van der Waals surface area contributed by atoms with Gasteiger partial charge >= 0.3 is 0 Å². The molecule has 0 saturated carbocycles. The van der Waals surface area contributed by atoms with E-state index in [9.17, 15) is 0 Å². The second-order valence-corrected chi connectivity index (χ2v) is 1.49. The molecule has 0 aromatic carbocycles. The lowest BCUT2D eigenvalue weighted by Gasteiger charge is -1.95. The van der Waals surface area contributed by atoms with Crippen molar-refractivity contribution in [3.05, 3.63) is 0 Å². The fourth-order valence-corrected chi connectivity index (χ4v) is 0.587. The topological polar surface area (TPSA) is 48.2 Å². The molecule has 4 heteroatoms. The van der Waals surface area contributed by atoms with E-state index >= 15 is 0 Å². The Morgan fingerprint density at radius 2 is 2.62 bits per heavy atom. The van der Waals surface area contributed by atoms with Gasteiger partial charge in [-0.25, -0.2) is 4.99 Å². The zero-order chi connectivity index (χ0) is 6.41. The van der Waals surface area contributed by atoms with Gasteiger partial charge in [0, 0.05) is 6.42 Å². The predicted molar refractivity (Wildman–Crippen MR) is 39.4 cm³/mol. The first kappa shape index (κ1) is 7.57. The van der Waals surface area contributed by atoms with Crippen molar-refractivity contribution in [1.82, 2.24) is 5.09 Å². The van der Waals surface area contributed by atoms with E-state index in [0.717, 1.165) is 18.6 Å². The van der Waals surface area contributed by atoms with E-state index in [-0.39, 0.29) is 0 Å². The Hall–Kier alpha value is -0.430. The van der Waals surface area contributed by atoms with Crippen molar-refractivity contribution in [2.75, 3.05) is 0 Å². The molecule has 0 amide bonds. The molecule has 0 radical (unpaired) electrons. The Morgan fingerprint density at radius 1 is 2.00 bits per heavy atom. The van der Waals surface area contributed by atoms with E-state index in [4.69, 9.17) is 5.41 Å². The van der Waals surface area contributed by atoms with Crippen molar-refractivity contribution < 1.29 is 0 Å². The first-order valence-electron chi connectivity index (χ1n) is 2.37. The summed E-state index contributed by atoms with van der Waals surface area (Å²) in [6, 6.07) is 0. The summed E-state index contributed by atoms with van der Waals surface area (Å²) < 4.78 is 0. The molecule has 0 bridgehead atoms. The summed E-state index contributed by atoms with van der Waals surface area (Å²) in [7, 11) is 2.33. The molecule has 0 rings (SSSR count). The first-order chi connectivity index (χ1) is 3.85. The monoisotopic (exact) mass is 131 g/mol. The quantitative estimate of drug-likeness (QED) is 0.325. The van der Waals surface area contributed by atoms with Crippen LogP contribution in [0.4, 0.5) is 0 Å². The molecule has 0 aliphatic rings. The van der Waals surface area contributed by atoms with Crippen molar-refractivity contribution in [2.24, 2.45) is 4.99 Å². The van der Waals surface area contributed by atoms with Gasteiger partial charge in [0.15, 0.2) is 0 Å². The summed E-state index contributed by atoms with van der Waals surface area (Å²) in [5.74, 6) is 0.810. The van der Waals surface area contributed by atoms with Gasteiger partial charge in [-0.15, -0.1) is 0 Å². The summed E-state index contributed by atoms with van der Waals surface area (Å²) in [5, 5.41) is 9.35. The highest BCUT2D eigenvalue weighted by molar-refractivity contribution is 7.15. The van der Waals surface area contributed by atoms with Crippen molar-refractivity contribution in [2.45, 2.75) is 13.3 Å². The lowest BCUT2D eigenvalue weighted by molar-refractivity contribution is 1.21. The van der Waals surface area contributed by atoms with Crippen molar-refractivity contribution in [1.29, 1.82) is 5.41 Å². The summed E-state index contributed by atoms with van der Waals surface area (Å²) in [6.07, 6.45) is 1.86. The third-order valence-corrected chi connectivity index (χ3v) is 1.06. The van der Waals surface area contributed by atoms with Gasteiger partial charge in [0.2, 0.25) is 0 Å². The summed E-state index contributed by atoms with van der Waals surface area (Å²) in [4.78, 5) is 3.69. The van der Waals surface area contributed by atoms with Crippen molar-refractivity contribution in [3.63, 3.8) is 0 Å². The fraction of sp³-hybridized carbons (Fsp3) is 0.500. The van der Waals surface area contributed by atoms with Crippen LogP contribution in [0.5, 0.6) is 0 Å². The Labute approximate surface area is 51.4 Å². The molecule has 2 N–H and O–H groups in total. The zero-order valence-electron chi connectivity index (χ0n) is 4.81. The number of nitrogens with one attached hydrogen (secondary N) is 2. The van der Waals surface area contributed by atoms with Gasteiger partial charge in [0.25, 0.3) is 0 Å². The van der Waals surface area contributed by atoms with Gasteiger partial charge < -0.3 is 5.09 Å². The van der Waals surface area contributed by atoms with Gasteiger partial charge in [0.1, 0.15) is 12.2 Å². The van der Waals surface area contributed by atoms with Gasteiger partial charge in [-0.1, -0.05) is 6.92 Å². The molecule has 8 heavy (non-hydrogen) atoms. The van der Waals surface area contributed by atoms with Gasteiger partial charge in [0.05, 0.1) is 0 Å². The maximum absolute atomic E-state index is 6.58. The van der Waals surface area contributed by atoms with Crippen molar-refractivity contribution in [3.8, 4) is 0 Å². The minimum Gasteiger partial charge on any atom is -0.358 e. The van der Waals surface area contributed by atoms with E-state index in [1.807, 2.05) is 6.92 Å². The maximum Gasteiger partial charge on any atom is 0.109 e. The molecule has 46 valence electrons. The summed E-state index contributed by atoms with van der Waals surface area (Å²) >= 11 is 0. The molecule has 0 aromatic heterocycles. The third kappa shape index (κ3) is 2.69. The Kier molecular flexibility index (Phi) is 4.47. The molecule has 0 spiro atoms. The lowest BCUT2D eigenvalue weighted by atomic mass is 10.5. The number of nitrogens with zero attached hydrogens (tertiary/aromatic N) is 1. The van der Waals surface area contributed by atoms with Crippen LogP contribution in [0.1, 0.15) is 13.3 Å². The van der Waals surface area contributed by atoms with Crippen LogP contribution in [0.25, 0.3) is 0 Å². The van der Waals surface area contributed by atoms with Crippen LogP contribution in [0.15, 0.2) is 4.99 Å². The molecule has 0 aliphatic carbocycles. The van der Waals surface area contributed by atoms with Crippen LogP contribution < -0.4 is 5.09 Å². The molecule has 1 unspecified atom stereocenters. The molecule has 1 atom stereocenters. The van der Waals surface area contributed by atoms with Crippen LogP contribution >= 0.6 is 9.39 Å². The van der Waals surface area contributed by atoms with Crippen LogP contribution in [0.2, 0.25) is 0 Å². The second-order valence-electron chi connectivity index (χ2n) is 1.20. The number of hydrogen-bond acceptors (Lipinski definition) is 1. The summed E-state index contributed by atoms with van der Waals surface area (Å²) in [5.41, 5.74) is 0. The average molecular weight is 131 g/mol. The third-order valence-electron chi connectivity index (χ3n) is 0.722. The lowest BCUT2D eigenvalue weighted by Crippen LogP contribution is -2.09. The molecular formula is C4H10N3P. The number of amidine groups is 1. The van der Waals surface area contributed by atoms with E-state index in [0.29, 0.717) is 0 Å². The highest BCUT2D eigenvalue weighted by atomic mass is 31.0. The smallest absolute Gasteiger partial charge is 0.109 e. The standard InChI is InChI=1S/C4H10N3P/c1-2-4(7-8)6-3-5/h3H,2,8H2,1H3,(H2,5,6,7). The van der Waals surface area contributed by atoms with Crippen LogP contribution in [0.3, 0.4) is 0 Å². The molecule has 0 saturated heterocycles. The average Bonchev–Trinajstić information content (AvgIpc) is 1.83. The van der Waals surface area contributed by atoms with E-state index in [2.05, 4.69) is 19.5 Å². The number of aliphatic imine (C=N–C) groups is 1. The van der Waals surface area contributed by atoms with Gasteiger partial charge in [-0.3, -0.25) is 5.41 Å². The normalized spacial score (nSPS) is 11.0. The van der Waals surface area contributed by atoms with Crippen LogP contribution in [-0.2, 0) is 0 Å². The number of hydrogen-bond donors (Lipinski definition) is 2. The van der Waals surface area contributed by atoms with Crippen molar-refractivity contribution >= 4 is 21.6 Å². The Bertz CT molecular complexity index is 93.5. The molecule has 3 nitrogen and oxygen atoms in total. The predicted octanol–water partition coefficient (Wildman–Crippen LogP) is 0.782. The highest BCUT2D eigenvalue weighted by Crippen LogP contribution is 1.81. The molecule has 0 fully saturated rings. The molecule has 0 heterocycles. The molecular weight excluding hydrogens is 121 g/mol. The van der Waals surface area contributed by atoms with Crippen LogP contribution in [0, 0.1) is 5.41 Å². The molecule has 0 aliphatic heterocycles. The minimum atomic E-state index is 0.810. The largest absolute Gasteiger partial charge is 0.358 e. The highest BCUT2D eigenvalue weighted by Gasteiger charge is 1.84. The Balaban J connectivity index is 3.66. The van der Waals surface area contributed by atoms with E-state index in [1.165, 1.54) is 0 Å². The van der Waals surface area contributed by atoms with E-state index in [1.54, 1.807) is 0 Å². The van der Waals surface area contributed by atoms with Gasteiger partial charge in [-0.05, 0) is 9.39 Å². The Morgan fingerprint density at radius 3 is 2.75 bits per heavy atom.